The third-order valence-electron chi connectivity index (χ3n) is 4.76. The van der Waals surface area contributed by atoms with Crippen LogP contribution in [0, 0.1) is 0 Å². The lowest BCUT2D eigenvalue weighted by Crippen LogP contribution is -2.18. The fraction of sp³-hybridized carbons (Fsp3) is 0.300. The molecule has 2 N–H and O–H groups in total. The third-order valence-corrected chi connectivity index (χ3v) is 4.98. The average molecular weight is 402 g/mol. The van der Waals surface area contributed by atoms with E-state index in [1.165, 1.54) is 13.2 Å². The SMILES string of the molecule is COC(=O)c1cc(Cl)cc(Oc2cccc3c2cnn3C2CCCCO2)c1N. The standard InChI is InChI=1S/C20H20ClN3O4/c1-26-20(25)13-9-12(21)10-17(19(13)22)28-16-6-4-5-15-14(16)11-23-24(15)18-7-2-3-8-27-18/h4-6,9-11,18H,2-3,7-8,22H2,1H3. The number of aromatic nitrogens is 2. The van der Waals surface area contributed by atoms with Gasteiger partial charge < -0.3 is 19.9 Å². The van der Waals surface area contributed by atoms with Crippen LogP contribution >= 0.6 is 11.6 Å². The first-order valence-electron chi connectivity index (χ1n) is 9.01. The van der Waals surface area contributed by atoms with Gasteiger partial charge in [-0.15, -0.1) is 0 Å². The largest absolute Gasteiger partial charge is 0.465 e. The first kappa shape index (κ1) is 18.6. The van der Waals surface area contributed by atoms with Gasteiger partial charge in [0.15, 0.2) is 12.0 Å². The molecule has 0 saturated carbocycles. The maximum atomic E-state index is 11.9. The smallest absolute Gasteiger partial charge is 0.340 e. The van der Waals surface area contributed by atoms with Crippen molar-refractivity contribution in [2.75, 3.05) is 19.5 Å². The summed E-state index contributed by atoms with van der Waals surface area (Å²) in [6.45, 7) is 0.734. The van der Waals surface area contributed by atoms with Gasteiger partial charge in [-0.25, -0.2) is 9.48 Å². The van der Waals surface area contributed by atoms with Gasteiger partial charge in [-0.2, -0.15) is 5.10 Å². The summed E-state index contributed by atoms with van der Waals surface area (Å²) in [7, 11) is 1.28. The molecule has 2 aromatic carbocycles. The Balaban J connectivity index is 1.72. The number of benzene rings is 2. The molecule has 1 saturated heterocycles. The Morgan fingerprint density at radius 2 is 2.18 bits per heavy atom. The van der Waals surface area contributed by atoms with Crippen molar-refractivity contribution in [1.82, 2.24) is 9.78 Å². The molecule has 1 fully saturated rings. The molecule has 2 heterocycles. The van der Waals surface area contributed by atoms with Gasteiger partial charge in [-0.05, 0) is 37.5 Å². The molecule has 1 aliphatic rings. The minimum absolute atomic E-state index is 0.0799. The van der Waals surface area contributed by atoms with Crippen LogP contribution in [0.5, 0.6) is 11.5 Å². The van der Waals surface area contributed by atoms with Gasteiger partial charge in [0.1, 0.15) is 5.75 Å². The van der Waals surface area contributed by atoms with E-state index < -0.39 is 5.97 Å². The van der Waals surface area contributed by atoms with E-state index in [9.17, 15) is 4.79 Å². The van der Waals surface area contributed by atoms with Crippen LogP contribution in [0.4, 0.5) is 5.69 Å². The number of ether oxygens (including phenoxy) is 3. The predicted molar refractivity (Wildman–Crippen MR) is 106 cm³/mol. The summed E-state index contributed by atoms with van der Waals surface area (Å²) in [6, 6.07) is 8.68. The molecule has 0 aliphatic carbocycles. The Bertz CT molecular complexity index is 1030. The third kappa shape index (κ3) is 3.39. The number of rotatable bonds is 4. The molecule has 1 atom stereocenters. The van der Waals surface area contributed by atoms with Crippen molar-refractivity contribution in [2.45, 2.75) is 25.5 Å². The Kier molecular flexibility index (Phi) is 5.11. The Hall–Kier alpha value is -2.77. The first-order chi connectivity index (χ1) is 13.6. The number of carbonyl (C=O) groups excluding carboxylic acids is 1. The van der Waals surface area contributed by atoms with E-state index in [1.54, 1.807) is 12.3 Å². The summed E-state index contributed by atoms with van der Waals surface area (Å²) < 4.78 is 18.5. The van der Waals surface area contributed by atoms with Crippen LogP contribution in [-0.2, 0) is 9.47 Å². The summed E-state index contributed by atoms with van der Waals surface area (Å²) in [5.41, 5.74) is 7.34. The molecule has 28 heavy (non-hydrogen) atoms. The Labute approximate surface area is 166 Å². The molecule has 0 bridgehead atoms. The second kappa shape index (κ2) is 7.69. The summed E-state index contributed by atoms with van der Waals surface area (Å²) in [5, 5.41) is 5.64. The molecular formula is C20H20ClN3O4. The zero-order valence-electron chi connectivity index (χ0n) is 15.4. The van der Waals surface area contributed by atoms with Gasteiger partial charge in [0, 0.05) is 17.7 Å². The number of nitrogen functional groups attached to an aromatic ring is 1. The highest BCUT2D eigenvalue weighted by Gasteiger charge is 2.21. The number of halogens is 1. The number of hydrogen-bond acceptors (Lipinski definition) is 6. The first-order valence-corrected chi connectivity index (χ1v) is 9.39. The summed E-state index contributed by atoms with van der Waals surface area (Å²) in [6.07, 6.45) is 4.76. The van der Waals surface area contributed by atoms with Crippen molar-refractivity contribution < 1.29 is 19.0 Å². The molecule has 0 radical (unpaired) electrons. The number of carbonyl (C=O) groups is 1. The summed E-state index contributed by atoms with van der Waals surface area (Å²) in [4.78, 5) is 11.9. The normalized spacial score (nSPS) is 16.9. The van der Waals surface area contributed by atoms with Gasteiger partial charge >= 0.3 is 5.97 Å². The Morgan fingerprint density at radius 1 is 1.32 bits per heavy atom. The van der Waals surface area contributed by atoms with E-state index in [4.69, 9.17) is 31.5 Å². The fourth-order valence-electron chi connectivity index (χ4n) is 3.35. The van der Waals surface area contributed by atoms with Gasteiger partial charge in [0.2, 0.25) is 0 Å². The van der Waals surface area contributed by atoms with E-state index in [1.807, 2.05) is 22.9 Å². The molecule has 0 amide bonds. The second-order valence-electron chi connectivity index (χ2n) is 6.56. The highest BCUT2D eigenvalue weighted by atomic mass is 35.5. The summed E-state index contributed by atoms with van der Waals surface area (Å²) in [5.74, 6) is 0.261. The average Bonchev–Trinajstić information content (AvgIpc) is 3.15. The zero-order chi connectivity index (χ0) is 19.7. The van der Waals surface area contributed by atoms with Crippen LogP contribution in [0.1, 0.15) is 35.8 Å². The van der Waals surface area contributed by atoms with Crippen LogP contribution in [-0.4, -0.2) is 29.5 Å². The van der Waals surface area contributed by atoms with Gasteiger partial charge in [-0.3, -0.25) is 0 Å². The second-order valence-corrected chi connectivity index (χ2v) is 6.99. The molecule has 1 unspecified atom stereocenters. The van der Waals surface area contributed by atoms with Gasteiger partial charge in [0.05, 0.1) is 35.5 Å². The number of anilines is 1. The van der Waals surface area contributed by atoms with E-state index in [0.717, 1.165) is 36.8 Å². The van der Waals surface area contributed by atoms with E-state index in [0.29, 0.717) is 10.8 Å². The molecule has 3 aromatic rings. The number of nitrogens with two attached hydrogens (primary N) is 1. The quantitative estimate of drug-likeness (QED) is 0.509. The minimum Gasteiger partial charge on any atom is -0.465 e. The van der Waals surface area contributed by atoms with E-state index in [2.05, 4.69) is 5.10 Å². The molecule has 1 aliphatic heterocycles. The van der Waals surface area contributed by atoms with Crippen LogP contribution in [0.3, 0.4) is 0 Å². The molecule has 8 heteroatoms. The van der Waals surface area contributed by atoms with Crippen molar-refractivity contribution in [2.24, 2.45) is 0 Å². The van der Waals surface area contributed by atoms with Crippen LogP contribution in [0.25, 0.3) is 10.9 Å². The molecular weight excluding hydrogens is 382 g/mol. The maximum absolute atomic E-state index is 11.9. The molecule has 146 valence electrons. The van der Waals surface area contributed by atoms with Gasteiger partial charge in [-0.1, -0.05) is 17.7 Å². The Morgan fingerprint density at radius 3 is 2.93 bits per heavy atom. The molecule has 4 rings (SSSR count). The lowest BCUT2D eigenvalue weighted by molar-refractivity contribution is -0.0366. The van der Waals surface area contributed by atoms with Crippen LogP contribution < -0.4 is 10.5 Å². The lowest BCUT2D eigenvalue weighted by Gasteiger charge is -2.23. The highest BCUT2D eigenvalue weighted by molar-refractivity contribution is 6.31. The summed E-state index contributed by atoms with van der Waals surface area (Å²) >= 11 is 6.14. The van der Waals surface area contributed by atoms with E-state index >= 15 is 0 Å². The van der Waals surface area contributed by atoms with Crippen LogP contribution in [0.2, 0.25) is 5.02 Å². The zero-order valence-corrected chi connectivity index (χ0v) is 16.1. The van der Waals surface area contributed by atoms with Crippen molar-refractivity contribution in [3.63, 3.8) is 0 Å². The lowest BCUT2D eigenvalue weighted by atomic mass is 10.1. The number of methoxy groups -OCH3 is 1. The van der Waals surface area contributed by atoms with E-state index in [-0.39, 0.29) is 23.2 Å². The number of nitrogens with zero attached hydrogens (tertiary/aromatic N) is 2. The van der Waals surface area contributed by atoms with Crippen molar-refractivity contribution in [3.8, 4) is 11.5 Å². The van der Waals surface area contributed by atoms with Crippen molar-refractivity contribution in [3.05, 3.63) is 47.1 Å². The van der Waals surface area contributed by atoms with Crippen LogP contribution in [0.15, 0.2) is 36.5 Å². The fourth-order valence-corrected chi connectivity index (χ4v) is 3.56. The number of esters is 1. The number of hydrogen-bond donors (Lipinski definition) is 1. The van der Waals surface area contributed by atoms with Crippen molar-refractivity contribution >= 4 is 34.2 Å². The topological polar surface area (TPSA) is 88.6 Å². The maximum Gasteiger partial charge on any atom is 0.340 e. The van der Waals surface area contributed by atoms with Crippen molar-refractivity contribution in [1.29, 1.82) is 0 Å². The predicted octanol–water partition coefficient (Wildman–Crippen LogP) is 4.55. The monoisotopic (exact) mass is 401 g/mol. The number of fused-ring (bicyclic) bond motifs is 1. The molecule has 7 nitrogen and oxygen atoms in total. The van der Waals surface area contributed by atoms with Gasteiger partial charge in [0.25, 0.3) is 0 Å². The highest BCUT2D eigenvalue weighted by Crippen LogP contribution is 2.37. The molecule has 1 aromatic heterocycles. The minimum atomic E-state index is -0.578. The molecule has 0 spiro atoms.